The van der Waals surface area contributed by atoms with Crippen LogP contribution in [0.5, 0.6) is 0 Å². The fourth-order valence-electron chi connectivity index (χ4n) is 2.15. The van der Waals surface area contributed by atoms with Crippen molar-refractivity contribution in [3.63, 3.8) is 0 Å². The van der Waals surface area contributed by atoms with E-state index >= 15 is 0 Å². The fourth-order valence-corrected chi connectivity index (χ4v) is 2.15. The van der Waals surface area contributed by atoms with E-state index in [-0.39, 0.29) is 11.6 Å². The van der Waals surface area contributed by atoms with Gasteiger partial charge in [-0.2, -0.15) is 0 Å². The number of amides is 2. The molecule has 2 unspecified atom stereocenters. The summed E-state index contributed by atoms with van der Waals surface area (Å²) in [7, 11) is 3.49. The Morgan fingerprint density at radius 2 is 2.17 bits per heavy atom. The van der Waals surface area contributed by atoms with Crippen molar-refractivity contribution in [1.82, 2.24) is 15.5 Å². The summed E-state index contributed by atoms with van der Waals surface area (Å²) < 4.78 is 5.80. The maximum atomic E-state index is 11.3. The lowest BCUT2D eigenvalue weighted by Crippen LogP contribution is -2.47. The van der Waals surface area contributed by atoms with Crippen LogP contribution >= 0.6 is 0 Å². The van der Waals surface area contributed by atoms with Crippen LogP contribution < -0.4 is 10.6 Å². The Balaban J connectivity index is 2.18. The Bertz CT molecular complexity index is 271. The lowest BCUT2D eigenvalue weighted by atomic mass is 9.90. The van der Waals surface area contributed by atoms with Gasteiger partial charge in [0, 0.05) is 39.8 Å². The molecule has 0 bridgehead atoms. The molecule has 1 rings (SSSR count). The molecule has 2 amide bonds. The average Bonchev–Trinajstić information content (AvgIpc) is 2.34. The summed E-state index contributed by atoms with van der Waals surface area (Å²) in [6, 6.07) is 0.460. The van der Waals surface area contributed by atoms with Gasteiger partial charge in [-0.15, -0.1) is 0 Å². The van der Waals surface area contributed by atoms with Crippen LogP contribution in [0.2, 0.25) is 0 Å². The van der Waals surface area contributed by atoms with Crippen LogP contribution in [0.25, 0.3) is 0 Å². The molecule has 18 heavy (non-hydrogen) atoms. The number of nitrogens with one attached hydrogen (secondary N) is 2. The number of carbonyl (C=O) groups excluding carboxylic acids is 1. The first-order chi connectivity index (χ1) is 8.47. The standard InChI is InChI=1S/C13H27N3O2/c1-5-13(2)10-11(6-9-18-13)14-7-8-15-12(17)16(3)4/h11,14H,5-10H2,1-4H3,(H,15,17). The number of urea groups is 1. The molecular formula is C13H27N3O2. The number of hydrogen-bond donors (Lipinski definition) is 2. The van der Waals surface area contributed by atoms with Crippen molar-refractivity contribution < 1.29 is 9.53 Å². The predicted molar refractivity (Wildman–Crippen MR) is 72.8 cm³/mol. The number of rotatable bonds is 5. The number of ether oxygens (including phenoxy) is 1. The van der Waals surface area contributed by atoms with Gasteiger partial charge in [-0.3, -0.25) is 0 Å². The van der Waals surface area contributed by atoms with Gasteiger partial charge in [-0.05, 0) is 26.2 Å². The molecule has 0 aromatic rings. The van der Waals surface area contributed by atoms with Gasteiger partial charge in [-0.25, -0.2) is 4.79 Å². The fraction of sp³-hybridized carbons (Fsp3) is 0.923. The Labute approximate surface area is 110 Å². The Kier molecular flexibility index (Phi) is 5.88. The van der Waals surface area contributed by atoms with E-state index in [1.165, 1.54) is 0 Å². The molecule has 1 heterocycles. The predicted octanol–water partition coefficient (Wildman–Crippen LogP) is 1.19. The second kappa shape index (κ2) is 6.95. The highest BCUT2D eigenvalue weighted by Crippen LogP contribution is 2.27. The first kappa shape index (κ1) is 15.2. The topological polar surface area (TPSA) is 53.6 Å². The summed E-state index contributed by atoms with van der Waals surface area (Å²) in [5.41, 5.74) is 0.0167. The summed E-state index contributed by atoms with van der Waals surface area (Å²) >= 11 is 0. The third kappa shape index (κ3) is 4.82. The third-order valence-electron chi connectivity index (χ3n) is 3.58. The minimum absolute atomic E-state index is 0.0167. The number of carbonyl (C=O) groups is 1. The molecule has 2 N–H and O–H groups in total. The van der Waals surface area contributed by atoms with E-state index in [1.54, 1.807) is 19.0 Å². The van der Waals surface area contributed by atoms with Crippen molar-refractivity contribution in [1.29, 1.82) is 0 Å². The summed E-state index contributed by atoms with van der Waals surface area (Å²) in [4.78, 5) is 12.9. The van der Waals surface area contributed by atoms with Crippen LogP contribution in [0.4, 0.5) is 4.79 Å². The summed E-state index contributed by atoms with van der Waals surface area (Å²) in [5.74, 6) is 0. The van der Waals surface area contributed by atoms with Crippen LogP contribution in [0, 0.1) is 0 Å². The van der Waals surface area contributed by atoms with E-state index in [9.17, 15) is 4.79 Å². The molecular weight excluding hydrogens is 230 g/mol. The lowest BCUT2D eigenvalue weighted by molar-refractivity contribution is -0.0777. The molecule has 5 heteroatoms. The molecule has 1 aliphatic rings. The van der Waals surface area contributed by atoms with E-state index in [0.717, 1.165) is 32.4 Å². The van der Waals surface area contributed by atoms with Crippen molar-refractivity contribution in [3.05, 3.63) is 0 Å². The zero-order valence-electron chi connectivity index (χ0n) is 12.1. The van der Waals surface area contributed by atoms with Crippen molar-refractivity contribution in [2.45, 2.75) is 44.8 Å². The highest BCUT2D eigenvalue weighted by molar-refractivity contribution is 5.73. The average molecular weight is 257 g/mol. The van der Waals surface area contributed by atoms with E-state index < -0.39 is 0 Å². The highest BCUT2D eigenvalue weighted by atomic mass is 16.5. The van der Waals surface area contributed by atoms with Crippen molar-refractivity contribution in [3.8, 4) is 0 Å². The van der Waals surface area contributed by atoms with Crippen molar-refractivity contribution >= 4 is 6.03 Å². The van der Waals surface area contributed by atoms with Gasteiger partial charge in [0.1, 0.15) is 0 Å². The zero-order chi connectivity index (χ0) is 13.6. The Hall–Kier alpha value is -0.810. The minimum atomic E-state index is -0.0397. The molecule has 0 radical (unpaired) electrons. The van der Waals surface area contributed by atoms with E-state index in [1.807, 2.05) is 0 Å². The van der Waals surface area contributed by atoms with Crippen LogP contribution in [0.15, 0.2) is 0 Å². The first-order valence-electron chi connectivity index (χ1n) is 6.79. The molecule has 2 atom stereocenters. The van der Waals surface area contributed by atoms with Crippen molar-refractivity contribution in [2.24, 2.45) is 0 Å². The van der Waals surface area contributed by atoms with Crippen molar-refractivity contribution in [2.75, 3.05) is 33.8 Å². The van der Waals surface area contributed by atoms with E-state index in [2.05, 4.69) is 24.5 Å². The van der Waals surface area contributed by atoms with Crippen LogP contribution in [-0.2, 0) is 4.74 Å². The smallest absolute Gasteiger partial charge is 0.316 e. The van der Waals surface area contributed by atoms with E-state index in [0.29, 0.717) is 12.6 Å². The summed E-state index contributed by atoms with van der Waals surface area (Å²) in [6.07, 6.45) is 3.14. The summed E-state index contributed by atoms with van der Waals surface area (Å²) in [5, 5.41) is 6.34. The highest BCUT2D eigenvalue weighted by Gasteiger charge is 2.31. The molecule has 0 aromatic carbocycles. The molecule has 0 saturated carbocycles. The van der Waals surface area contributed by atoms with Crippen LogP contribution in [0.1, 0.15) is 33.1 Å². The van der Waals surface area contributed by atoms with Gasteiger partial charge < -0.3 is 20.3 Å². The normalized spacial score (nSPS) is 27.9. The molecule has 0 aliphatic carbocycles. The molecule has 1 aliphatic heterocycles. The van der Waals surface area contributed by atoms with Crippen LogP contribution in [-0.4, -0.2) is 56.4 Å². The van der Waals surface area contributed by atoms with E-state index in [4.69, 9.17) is 4.74 Å². The van der Waals surface area contributed by atoms with Crippen LogP contribution in [0.3, 0.4) is 0 Å². The second-order valence-corrected chi connectivity index (χ2v) is 5.42. The second-order valence-electron chi connectivity index (χ2n) is 5.42. The molecule has 5 nitrogen and oxygen atoms in total. The first-order valence-corrected chi connectivity index (χ1v) is 6.79. The third-order valence-corrected chi connectivity index (χ3v) is 3.58. The number of hydrogen-bond acceptors (Lipinski definition) is 3. The molecule has 106 valence electrons. The molecule has 1 saturated heterocycles. The minimum Gasteiger partial charge on any atom is -0.375 e. The Morgan fingerprint density at radius 3 is 2.78 bits per heavy atom. The maximum Gasteiger partial charge on any atom is 0.316 e. The Morgan fingerprint density at radius 1 is 1.44 bits per heavy atom. The van der Waals surface area contributed by atoms with Gasteiger partial charge in [-0.1, -0.05) is 6.92 Å². The van der Waals surface area contributed by atoms with Gasteiger partial charge in [0.15, 0.2) is 0 Å². The van der Waals surface area contributed by atoms with Gasteiger partial charge >= 0.3 is 6.03 Å². The molecule has 0 aromatic heterocycles. The molecule has 1 fully saturated rings. The maximum absolute atomic E-state index is 11.3. The zero-order valence-corrected chi connectivity index (χ0v) is 12.1. The van der Waals surface area contributed by atoms with Gasteiger partial charge in [0.25, 0.3) is 0 Å². The van der Waals surface area contributed by atoms with Gasteiger partial charge in [0.05, 0.1) is 5.60 Å². The SMILES string of the molecule is CCC1(C)CC(NCCNC(=O)N(C)C)CCO1. The van der Waals surface area contributed by atoms with Gasteiger partial charge in [0.2, 0.25) is 0 Å². The summed E-state index contributed by atoms with van der Waals surface area (Å²) in [6.45, 7) is 6.64. The monoisotopic (exact) mass is 257 g/mol. The molecule has 0 spiro atoms. The lowest BCUT2D eigenvalue weighted by Gasteiger charge is -2.38. The largest absolute Gasteiger partial charge is 0.375 e. The quantitative estimate of drug-likeness (QED) is 0.728. The number of nitrogens with zero attached hydrogens (tertiary/aromatic N) is 1.